The van der Waals surface area contributed by atoms with E-state index in [-0.39, 0.29) is 22.4 Å². The Bertz CT molecular complexity index is 576. The van der Waals surface area contributed by atoms with Crippen molar-refractivity contribution in [1.82, 2.24) is 10.6 Å². The molecule has 1 saturated heterocycles. The Balaban J connectivity index is 1.86. The van der Waals surface area contributed by atoms with Crippen molar-refractivity contribution in [1.29, 1.82) is 0 Å². The largest absolute Gasteiger partial charge is 0.474 e. The molecule has 1 aliphatic heterocycles. The number of nitrogens with zero attached hydrogens (tertiary/aromatic N) is 1. The van der Waals surface area contributed by atoms with Gasteiger partial charge in [-0.15, -0.1) is 0 Å². The van der Waals surface area contributed by atoms with Crippen LogP contribution in [-0.4, -0.2) is 36.6 Å². The Morgan fingerprint density at radius 2 is 2.39 bits per heavy atom. The van der Waals surface area contributed by atoms with Crippen LogP contribution in [0.5, 0.6) is 5.75 Å². The number of rotatable bonds is 7. The van der Waals surface area contributed by atoms with Gasteiger partial charge in [-0.25, -0.2) is 0 Å². The van der Waals surface area contributed by atoms with Crippen LogP contribution in [0.2, 0.25) is 5.02 Å². The van der Waals surface area contributed by atoms with Crippen LogP contribution < -0.4 is 15.4 Å². The summed E-state index contributed by atoms with van der Waals surface area (Å²) in [5.74, 6) is 0.325. The number of nitro groups is 1. The van der Waals surface area contributed by atoms with Crippen LogP contribution in [0.25, 0.3) is 0 Å². The highest BCUT2D eigenvalue weighted by Gasteiger charge is 2.22. The van der Waals surface area contributed by atoms with Crippen LogP contribution in [0.1, 0.15) is 19.8 Å². The Morgan fingerprint density at radius 3 is 3.04 bits per heavy atom. The first-order valence-electron chi connectivity index (χ1n) is 7.56. The van der Waals surface area contributed by atoms with Gasteiger partial charge in [-0.2, -0.15) is 0 Å². The third-order valence-corrected chi connectivity index (χ3v) is 4.04. The Hall–Kier alpha value is -1.86. The molecule has 0 saturated carbocycles. The molecule has 1 aromatic carbocycles. The Kier molecular flexibility index (Phi) is 6.18. The second-order valence-electron chi connectivity index (χ2n) is 5.57. The zero-order chi connectivity index (χ0) is 16.8. The molecule has 1 aromatic rings. The quantitative estimate of drug-likeness (QED) is 0.585. The molecule has 2 unspecified atom stereocenters. The zero-order valence-corrected chi connectivity index (χ0v) is 13.6. The van der Waals surface area contributed by atoms with Crippen molar-refractivity contribution in [2.75, 3.05) is 19.6 Å². The topological polar surface area (TPSA) is 93.5 Å². The summed E-state index contributed by atoms with van der Waals surface area (Å²) in [4.78, 5) is 22.4. The van der Waals surface area contributed by atoms with Gasteiger partial charge in [0.1, 0.15) is 0 Å². The maximum absolute atomic E-state index is 12.0. The first-order chi connectivity index (χ1) is 11.0. The number of hydrogen-bond donors (Lipinski definition) is 2. The van der Waals surface area contributed by atoms with E-state index < -0.39 is 11.0 Å². The number of hydrogen-bond acceptors (Lipinski definition) is 5. The molecule has 1 fully saturated rings. The monoisotopic (exact) mass is 341 g/mol. The molecule has 1 aliphatic rings. The average molecular weight is 342 g/mol. The van der Waals surface area contributed by atoms with Gasteiger partial charge in [-0.05, 0) is 50.9 Å². The molecule has 7 nitrogen and oxygen atoms in total. The van der Waals surface area contributed by atoms with Crippen molar-refractivity contribution >= 4 is 23.2 Å². The van der Waals surface area contributed by atoms with Crippen molar-refractivity contribution in [2.45, 2.75) is 25.9 Å². The fourth-order valence-corrected chi connectivity index (χ4v) is 2.65. The smallest absolute Gasteiger partial charge is 0.312 e. The highest BCUT2D eigenvalue weighted by atomic mass is 35.5. The van der Waals surface area contributed by atoms with Crippen molar-refractivity contribution < 1.29 is 14.5 Å². The maximum Gasteiger partial charge on any atom is 0.312 e. The number of carbonyl (C=O) groups is 1. The first-order valence-corrected chi connectivity index (χ1v) is 7.94. The lowest BCUT2D eigenvalue weighted by Gasteiger charge is -2.15. The molecule has 0 aromatic heterocycles. The second-order valence-corrected chi connectivity index (χ2v) is 6.00. The van der Waals surface area contributed by atoms with Crippen molar-refractivity contribution in [2.24, 2.45) is 5.92 Å². The minimum atomic E-state index is -0.823. The number of halogens is 1. The van der Waals surface area contributed by atoms with Crippen LogP contribution in [0.3, 0.4) is 0 Å². The van der Waals surface area contributed by atoms with E-state index in [1.807, 2.05) is 0 Å². The molecule has 1 amide bonds. The van der Waals surface area contributed by atoms with E-state index >= 15 is 0 Å². The molecular formula is C15H20ClN3O4. The van der Waals surface area contributed by atoms with E-state index in [1.165, 1.54) is 18.2 Å². The van der Waals surface area contributed by atoms with Crippen LogP contribution >= 0.6 is 11.6 Å². The lowest BCUT2D eigenvalue weighted by atomic mass is 10.1. The molecular weight excluding hydrogens is 322 g/mol. The van der Waals surface area contributed by atoms with E-state index in [9.17, 15) is 14.9 Å². The maximum atomic E-state index is 12.0. The SMILES string of the molecule is CC(Oc1ccc(Cl)cc1[N+](=O)[O-])C(=O)NCCC1CCNC1. The Labute approximate surface area is 139 Å². The summed E-state index contributed by atoms with van der Waals surface area (Å²) in [5.41, 5.74) is -0.255. The zero-order valence-electron chi connectivity index (χ0n) is 12.9. The Morgan fingerprint density at radius 1 is 1.61 bits per heavy atom. The van der Waals surface area contributed by atoms with Gasteiger partial charge in [0.15, 0.2) is 11.9 Å². The molecule has 0 radical (unpaired) electrons. The highest BCUT2D eigenvalue weighted by Crippen LogP contribution is 2.30. The summed E-state index contributed by atoms with van der Waals surface area (Å²) in [7, 11) is 0. The van der Waals surface area contributed by atoms with Crippen LogP contribution in [0.4, 0.5) is 5.69 Å². The number of carbonyl (C=O) groups excluding carboxylic acids is 1. The predicted octanol–water partition coefficient (Wildman–Crippen LogP) is 2.13. The van der Waals surface area contributed by atoms with Gasteiger partial charge >= 0.3 is 5.69 Å². The predicted molar refractivity (Wildman–Crippen MR) is 86.8 cm³/mol. The van der Waals surface area contributed by atoms with E-state index in [1.54, 1.807) is 6.92 Å². The van der Waals surface area contributed by atoms with Gasteiger partial charge in [0.05, 0.1) is 4.92 Å². The van der Waals surface area contributed by atoms with E-state index in [4.69, 9.17) is 16.3 Å². The fourth-order valence-electron chi connectivity index (χ4n) is 2.48. The lowest BCUT2D eigenvalue weighted by molar-refractivity contribution is -0.386. The first kappa shape index (κ1) is 17.5. The molecule has 126 valence electrons. The number of nitrogens with one attached hydrogen (secondary N) is 2. The number of amides is 1. The minimum absolute atomic E-state index is 0.0297. The summed E-state index contributed by atoms with van der Waals surface area (Å²) < 4.78 is 5.42. The number of benzene rings is 1. The molecule has 0 aliphatic carbocycles. The third kappa shape index (κ3) is 5.07. The van der Waals surface area contributed by atoms with E-state index in [0.29, 0.717) is 12.5 Å². The third-order valence-electron chi connectivity index (χ3n) is 3.80. The van der Waals surface area contributed by atoms with E-state index in [0.717, 1.165) is 25.9 Å². The highest BCUT2D eigenvalue weighted by molar-refractivity contribution is 6.30. The molecule has 2 rings (SSSR count). The molecule has 8 heteroatoms. The van der Waals surface area contributed by atoms with Crippen LogP contribution in [-0.2, 0) is 4.79 Å². The standard InChI is InChI=1S/C15H20ClN3O4/c1-10(15(20)18-7-5-11-4-6-17-9-11)23-14-3-2-12(16)8-13(14)19(21)22/h2-3,8,10-11,17H,4-7,9H2,1H3,(H,18,20). The van der Waals surface area contributed by atoms with Gasteiger partial charge in [0.25, 0.3) is 5.91 Å². The van der Waals surface area contributed by atoms with Crippen molar-refractivity contribution in [3.05, 3.63) is 33.3 Å². The molecule has 2 atom stereocenters. The van der Waals surface area contributed by atoms with Crippen LogP contribution in [0, 0.1) is 16.0 Å². The van der Waals surface area contributed by atoms with Crippen molar-refractivity contribution in [3.63, 3.8) is 0 Å². The summed E-state index contributed by atoms with van der Waals surface area (Å²) in [6.45, 7) is 4.14. The molecule has 2 N–H and O–H groups in total. The van der Waals surface area contributed by atoms with Gasteiger partial charge in [0.2, 0.25) is 0 Å². The molecule has 0 bridgehead atoms. The van der Waals surface area contributed by atoms with E-state index in [2.05, 4.69) is 10.6 Å². The lowest BCUT2D eigenvalue weighted by Crippen LogP contribution is -2.37. The van der Waals surface area contributed by atoms with Crippen molar-refractivity contribution in [3.8, 4) is 5.75 Å². The normalized spacial score (nSPS) is 18.4. The number of nitro benzene ring substituents is 1. The summed E-state index contributed by atoms with van der Waals surface area (Å²) in [6.07, 6.45) is 1.21. The summed E-state index contributed by atoms with van der Waals surface area (Å²) in [5, 5.41) is 17.3. The molecule has 0 spiro atoms. The summed E-state index contributed by atoms with van der Waals surface area (Å²) >= 11 is 5.75. The van der Waals surface area contributed by atoms with Gasteiger partial charge < -0.3 is 15.4 Å². The molecule has 1 heterocycles. The van der Waals surface area contributed by atoms with Gasteiger partial charge in [0, 0.05) is 17.6 Å². The van der Waals surface area contributed by atoms with Crippen LogP contribution in [0.15, 0.2) is 18.2 Å². The van der Waals surface area contributed by atoms with Gasteiger partial charge in [-0.3, -0.25) is 14.9 Å². The minimum Gasteiger partial charge on any atom is -0.474 e. The number of ether oxygens (including phenoxy) is 1. The average Bonchev–Trinajstić information content (AvgIpc) is 3.02. The molecule has 23 heavy (non-hydrogen) atoms. The summed E-state index contributed by atoms with van der Waals surface area (Å²) in [6, 6.07) is 4.09. The second kappa shape index (κ2) is 8.12. The van der Waals surface area contributed by atoms with Gasteiger partial charge in [-0.1, -0.05) is 11.6 Å². The fraction of sp³-hybridized carbons (Fsp3) is 0.533.